The van der Waals surface area contributed by atoms with Gasteiger partial charge in [0, 0.05) is 12.5 Å². The smallest absolute Gasteiger partial charge is 0.450 e. The fourth-order valence-corrected chi connectivity index (χ4v) is 6.85. The molecule has 0 unspecified atom stereocenters. The number of amides is 2. The van der Waals surface area contributed by atoms with Gasteiger partial charge in [-0.15, -0.1) is 0 Å². The minimum Gasteiger partial charge on any atom is -0.450 e. The quantitative estimate of drug-likeness (QED) is 0.131. The molecule has 0 aliphatic rings. The predicted octanol–water partition coefficient (Wildman–Crippen LogP) is 4.01. The first-order chi connectivity index (χ1) is 23.1. The minimum atomic E-state index is -3.87. The van der Waals surface area contributed by atoms with Crippen LogP contribution in [0.2, 0.25) is 0 Å². The molecule has 0 bridgehead atoms. The molecule has 0 fully saturated rings. The molecule has 0 aliphatic carbocycles. The van der Waals surface area contributed by atoms with Gasteiger partial charge in [0.15, 0.2) is 34.9 Å². The topological polar surface area (TPSA) is 220 Å². The third kappa shape index (κ3) is 11.2. The Kier molecular flexibility index (Phi) is 15.4. The van der Waals surface area contributed by atoms with Crippen LogP contribution in [0.25, 0.3) is 0 Å². The Morgan fingerprint density at radius 3 is 1.28 bits per heavy atom. The van der Waals surface area contributed by atoms with E-state index in [2.05, 4.69) is 10.6 Å². The van der Waals surface area contributed by atoms with E-state index < -0.39 is 103 Å². The van der Waals surface area contributed by atoms with E-state index in [1.165, 1.54) is 0 Å². The molecule has 22 heteroatoms. The van der Waals surface area contributed by atoms with E-state index >= 15 is 8.78 Å². The molecule has 14 nitrogen and oxygen atoms in total. The molecular formula is C28H30Cl4F2N2O12S2. The average Bonchev–Trinajstić information content (AvgIpc) is 3.02. The number of rotatable bonds is 17. The normalized spacial score (nSPS) is 14.7. The van der Waals surface area contributed by atoms with E-state index in [4.69, 9.17) is 55.9 Å². The number of nitrogens with one attached hydrogen (secondary N) is 2. The van der Waals surface area contributed by atoms with Gasteiger partial charge in [0.05, 0.1) is 33.7 Å². The largest absolute Gasteiger partial charge is 0.506 e. The van der Waals surface area contributed by atoms with E-state index in [1.807, 2.05) is 0 Å². The second-order valence-electron chi connectivity index (χ2n) is 10.7. The highest BCUT2D eigenvalue weighted by molar-refractivity contribution is 7.91. The van der Waals surface area contributed by atoms with Crippen LogP contribution in [-0.4, -0.2) is 111 Å². The van der Waals surface area contributed by atoms with Crippen LogP contribution in [0, 0.1) is 0 Å². The lowest BCUT2D eigenvalue weighted by molar-refractivity contribution is -0.126. The van der Waals surface area contributed by atoms with Crippen molar-refractivity contribution in [2.45, 2.75) is 49.0 Å². The van der Waals surface area contributed by atoms with Gasteiger partial charge in [-0.05, 0) is 35.4 Å². The summed E-state index contributed by atoms with van der Waals surface area (Å²) in [6.07, 6.45) is -2.53. The number of hydrogen-bond acceptors (Lipinski definition) is 10. The highest BCUT2D eigenvalue weighted by atomic mass is 35.5. The molecule has 0 saturated carbocycles. The zero-order valence-corrected chi connectivity index (χ0v) is 30.4. The van der Waals surface area contributed by atoms with Gasteiger partial charge in [-0.3, -0.25) is 9.59 Å². The zero-order valence-electron chi connectivity index (χ0n) is 25.8. The van der Waals surface area contributed by atoms with Crippen molar-refractivity contribution in [1.82, 2.24) is 10.6 Å². The van der Waals surface area contributed by atoms with Crippen LogP contribution >= 0.6 is 46.4 Å². The van der Waals surface area contributed by atoms with Crippen molar-refractivity contribution in [3.8, 4) is 0 Å². The van der Waals surface area contributed by atoms with Crippen molar-refractivity contribution in [3.63, 3.8) is 0 Å². The van der Waals surface area contributed by atoms with E-state index in [9.17, 15) is 46.2 Å². The first-order valence-corrected chi connectivity index (χ1v) is 19.3. The van der Waals surface area contributed by atoms with Crippen molar-refractivity contribution < 1.29 is 64.5 Å². The zero-order chi connectivity index (χ0) is 38.2. The maximum absolute atomic E-state index is 15.2. The molecule has 2 amide bonds. The van der Waals surface area contributed by atoms with E-state index in [0.717, 1.165) is 61.0 Å². The van der Waals surface area contributed by atoms with Crippen LogP contribution in [0.3, 0.4) is 0 Å². The second kappa shape index (κ2) is 17.9. The molecule has 50 heavy (non-hydrogen) atoms. The Morgan fingerprint density at radius 2 is 1.04 bits per heavy atom. The molecule has 2 aromatic rings. The molecule has 0 aliphatic heterocycles. The van der Waals surface area contributed by atoms with Crippen LogP contribution in [0.15, 0.2) is 58.3 Å². The van der Waals surface area contributed by atoms with Crippen molar-refractivity contribution in [3.05, 3.63) is 59.7 Å². The van der Waals surface area contributed by atoms with Gasteiger partial charge >= 0.3 is 12.3 Å². The Balaban J connectivity index is 3.25. The molecule has 0 spiro atoms. The summed E-state index contributed by atoms with van der Waals surface area (Å²) in [5.41, 5.74) is -3.43. The van der Waals surface area contributed by atoms with Crippen LogP contribution in [0.4, 0.5) is 18.4 Å². The average molecular weight is 830 g/mol. The first kappa shape index (κ1) is 43.0. The number of alkyl halides is 6. The lowest BCUT2D eigenvalue weighted by Crippen LogP contribution is -2.62. The van der Waals surface area contributed by atoms with Crippen molar-refractivity contribution >= 4 is 90.2 Å². The Morgan fingerprint density at radius 1 is 0.700 bits per heavy atom. The van der Waals surface area contributed by atoms with Gasteiger partial charge in [-0.2, -0.15) is 0 Å². The molecule has 2 aromatic carbocycles. The second-order valence-corrected chi connectivity index (χ2v) is 16.9. The van der Waals surface area contributed by atoms with Gasteiger partial charge in [0.1, 0.15) is 20.0 Å². The van der Waals surface area contributed by atoms with Crippen LogP contribution in [0.5, 0.6) is 0 Å². The predicted molar refractivity (Wildman–Crippen MR) is 177 cm³/mol. The third-order valence-electron chi connectivity index (χ3n) is 7.28. The lowest BCUT2D eigenvalue weighted by Gasteiger charge is -2.48. The van der Waals surface area contributed by atoms with Gasteiger partial charge in [-0.1, -0.05) is 70.7 Å². The summed E-state index contributed by atoms with van der Waals surface area (Å²) < 4.78 is 89.6. The number of carboxylic acid groups (broad SMARTS) is 2. The number of hydrogen-bond donors (Lipinski definition) is 4. The van der Waals surface area contributed by atoms with E-state index in [-0.39, 0.29) is 20.9 Å². The van der Waals surface area contributed by atoms with Gasteiger partial charge in [-0.25, -0.2) is 35.2 Å². The lowest BCUT2D eigenvalue weighted by atomic mass is 9.66. The first-order valence-electron chi connectivity index (χ1n) is 13.8. The number of halogens is 6. The highest BCUT2D eigenvalue weighted by Gasteiger charge is 2.57. The standard InChI is InChI=1S/C28H30Cl4F2N2O12S2/c1-49(43,44)16-7-3-14(4-8-16)20(18(11-33)35-24(37)22(29)30)28(48-27(41)42,13-47-26(39)40)21(19(12-34)36-25(38)23(31)32)15-5-9-17(10-6-15)50(2,45)46/h3-10,18-23H,11-13H2,1-2H3,(H,35,37)(H,36,38)(H,39,40)(H,41,42)/t18-,19-,20-,21-/m1/s1. The SMILES string of the molecule is CS(=O)(=O)c1ccc([C@H]([C@@H](CF)NC(=O)C(Cl)Cl)C(COC(=O)O)(OC(=O)O)[C@H](c2ccc(S(C)(=O)=O)cc2)[C@@H](CF)NC(=O)C(Cl)Cl)cc1. The van der Waals surface area contributed by atoms with Gasteiger partial charge in [0.25, 0.3) is 11.8 Å². The fourth-order valence-electron chi connectivity index (χ4n) is 5.33. The maximum atomic E-state index is 15.2. The van der Waals surface area contributed by atoms with Crippen LogP contribution < -0.4 is 10.6 Å². The van der Waals surface area contributed by atoms with Crippen molar-refractivity contribution in [1.29, 1.82) is 0 Å². The summed E-state index contributed by atoms with van der Waals surface area (Å²) in [4.78, 5) is 45.6. The number of benzene rings is 2. The summed E-state index contributed by atoms with van der Waals surface area (Å²) in [6, 6.07) is 4.27. The third-order valence-corrected chi connectivity index (χ3v) is 10.3. The van der Waals surface area contributed by atoms with Crippen LogP contribution in [-0.2, 0) is 38.7 Å². The summed E-state index contributed by atoms with van der Waals surface area (Å²) in [6.45, 7) is -4.64. The molecule has 0 heterocycles. The van der Waals surface area contributed by atoms with Gasteiger partial charge < -0.3 is 30.3 Å². The maximum Gasteiger partial charge on any atom is 0.506 e. The Labute approximate surface area is 305 Å². The van der Waals surface area contributed by atoms with Gasteiger partial charge in [0.2, 0.25) is 0 Å². The van der Waals surface area contributed by atoms with E-state index in [0.29, 0.717) is 0 Å². The van der Waals surface area contributed by atoms with Crippen molar-refractivity contribution in [2.24, 2.45) is 0 Å². The molecule has 0 radical (unpaired) electrons. The monoisotopic (exact) mass is 828 g/mol. The highest BCUT2D eigenvalue weighted by Crippen LogP contribution is 2.48. The number of carbonyl (C=O) groups is 4. The Bertz CT molecular complexity index is 1640. The molecule has 0 aromatic heterocycles. The molecule has 0 saturated heterocycles. The molecule has 4 N–H and O–H groups in total. The number of sulfone groups is 2. The summed E-state index contributed by atoms with van der Waals surface area (Å²) in [5, 5.41) is 24.0. The Hall–Kier alpha value is -3.16. The fraction of sp³-hybridized carbons (Fsp3) is 0.429. The van der Waals surface area contributed by atoms with Crippen molar-refractivity contribution in [2.75, 3.05) is 32.5 Å². The van der Waals surface area contributed by atoms with Crippen LogP contribution in [0.1, 0.15) is 23.0 Å². The molecule has 2 rings (SSSR count). The number of ether oxygens (including phenoxy) is 2. The summed E-state index contributed by atoms with van der Waals surface area (Å²) in [7, 11) is -7.74. The molecular weight excluding hydrogens is 800 g/mol. The summed E-state index contributed by atoms with van der Waals surface area (Å²) in [5.74, 6) is -6.51. The number of carbonyl (C=O) groups excluding carboxylic acids is 2. The molecule has 278 valence electrons. The van der Waals surface area contributed by atoms with E-state index in [1.54, 1.807) is 0 Å². The summed E-state index contributed by atoms with van der Waals surface area (Å²) >= 11 is 22.7. The minimum absolute atomic E-state index is 0.245. The molecule has 4 atom stereocenters.